The van der Waals surface area contributed by atoms with Gasteiger partial charge in [0.15, 0.2) is 5.78 Å². The van der Waals surface area contributed by atoms with Gasteiger partial charge in [0.2, 0.25) is 0 Å². The topological polar surface area (TPSA) is 156 Å². The second-order valence-electron chi connectivity index (χ2n) is 12.0. The molecule has 4 aromatic rings. The zero-order valence-electron chi connectivity index (χ0n) is 24.2. The molecule has 44 heavy (non-hydrogen) atoms. The lowest BCUT2D eigenvalue weighted by molar-refractivity contribution is 0.0425. The summed E-state index contributed by atoms with van der Waals surface area (Å²) in [7, 11) is 0. The maximum atomic E-state index is 12.5. The standard InChI is InChI=1S/C18H22N2.C17H6O7/c1-17(2)11-18(3,12-4-6-13(19)7-5-12)15-9-8-14(20)10-16(15)17;18-13(7-1-3-9-11(5-7)16(21)23-14(9)19)8-2-4-10-12(6-8)17(22)24-15(10)20/h4-10H,11,19-20H2,1-3H3;1-6H. The van der Waals surface area contributed by atoms with Crippen molar-refractivity contribution in [3.05, 3.63) is 129 Å². The molecule has 2 heterocycles. The minimum absolute atomic E-state index is 0.0154. The first-order valence-electron chi connectivity index (χ1n) is 13.9. The number of nitrogen functional groups attached to an aromatic ring is 2. The second kappa shape index (κ2) is 10.0. The fraction of sp³-hybridized carbons (Fsp3) is 0.171. The molecule has 0 saturated carbocycles. The van der Waals surface area contributed by atoms with Crippen LogP contribution in [0.4, 0.5) is 11.4 Å². The third-order valence-corrected chi connectivity index (χ3v) is 8.52. The van der Waals surface area contributed by atoms with E-state index in [2.05, 4.69) is 54.5 Å². The summed E-state index contributed by atoms with van der Waals surface area (Å²) in [5, 5.41) is 0. The average Bonchev–Trinajstić information content (AvgIpc) is 3.52. The van der Waals surface area contributed by atoms with E-state index in [0.717, 1.165) is 17.8 Å². The van der Waals surface area contributed by atoms with Gasteiger partial charge in [0.05, 0.1) is 22.3 Å². The van der Waals surface area contributed by atoms with Crippen LogP contribution in [0, 0.1) is 0 Å². The minimum Gasteiger partial charge on any atom is -0.399 e. The van der Waals surface area contributed by atoms with E-state index < -0.39 is 29.7 Å². The first-order valence-corrected chi connectivity index (χ1v) is 13.9. The van der Waals surface area contributed by atoms with Gasteiger partial charge in [0.1, 0.15) is 0 Å². The van der Waals surface area contributed by atoms with Gasteiger partial charge in [-0.2, -0.15) is 0 Å². The molecular formula is C35H28N2O7. The molecule has 0 spiro atoms. The highest BCUT2D eigenvalue weighted by Gasteiger charge is 2.45. The predicted octanol–water partition coefficient (Wildman–Crippen LogP) is 5.38. The summed E-state index contributed by atoms with van der Waals surface area (Å²) in [6, 6.07) is 22.6. The Hall–Kier alpha value is -5.57. The molecular weight excluding hydrogens is 560 g/mol. The Kier molecular flexibility index (Phi) is 6.50. The fourth-order valence-electron chi connectivity index (χ4n) is 6.41. The van der Waals surface area contributed by atoms with Gasteiger partial charge < -0.3 is 20.9 Å². The van der Waals surface area contributed by atoms with Crippen LogP contribution in [-0.4, -0.2) is 29.7 Å². The van der Waals surface area contributed by atoms with E-state index in [1.807, 2.05) is 18.2 Å². The number of nitrogens with two attached hydrogens (primary N) is 2. The minimum atomic E-state index is -0.812. The van der Waals surface area contributed by atoms with Crippen LogP contribution in [0.2, 0.25) is 0 Å². The molecule has 1 aliphatic carbocycles. The van der Waals surface area contributed by atoms with Crippen molar-refractivity contribution >= 4 is 41.0 Å². The van der Waals surface area contributed by atoms with Crippen molar-refractivity contribution in [2.24, 2.45) is 0 Å². The Morgan fingerprint density at radius 3 is 1.59 bits per heavy atom. The molecule has 9 heteroatoms. The van der Waals surface area contributed by atoms with E-state index in [1.54, 1.807) is 0 Å². The molecule has 2 aliphatic heterocycles. The third kappa shape index (κ3) is 4.63. The van der Waals surface area contributed by atoms with Crippen LogP contribution in [-0.2, 0) is 20.3 Å². The normalized spacial score (nSPS) is 18.9. The van der Waals surface area contributed by atoms with Crippen LogP contribution in [0.3, 0.4) is 0 Å². The van der Waals surface area contributed by atoms with Crippen LogP contribution < -0.4 is 11.5 Å². The summed E-state index contributed by atoms with van der Waals surface area (Å²) in [5.74, 6) is -3.61. The van der Waals surface area contributed by atoms with Gasteiger partial charge in [0.25, 0.3) is 0 Å². The van der Waals surface area contributed by atoms with Crippen molar-refractivity contribution in [1.29, 1.82) is 0 Å². The van der Waals surface area contributed by atoms with Crippen molar-refractivity contribution in [1.82, 2.24) is 0 Å². The van der Waals surface area contributed by atoms with Crippen molar-refractivity contribution in [3.8, 4) is 0 Å². The number of hydrogen-bond donors (Lipinski definition) is 2. The number of cyclic esters (lactones) is 4. The number of rotatable bonds is 3. The number of carbonyl (C=O) groups is 5. The SMILES string of the molecule is CC1(C)CC(C)(c2ccc(N)cc2)c2ccc(N)cc21.O=C(c1ccc2c(c1)C(=O)OC2=O)c1ccc2c(c1)C(=O)OC2=O. The van der Waals surface area contributed by atoms with Gasteiger partial charge in [-0.3, -0.25) is 4.79 Å². The number of anilines is 2. The largest absolute Gasteiger partial charge is 0.399 e. The number of hydrogen-bond acceptors (Lipinski definition) is 9. The maximum absolute atomic E-state index is 12.5. The highest BCUT2D eigenvalue weighted by atomic mass is 16.6. The van der Waals surface area contributed by atoms with E-state index in [9.17, 15) is 24.0 Å². The Bertz CT molecular complexity index is 1860. The van der Waals surface area contributed by atoms with Crippen LogP contribution in [0.1, 0.15) is 101 Å². The number of ketones is 1. The molecule has 0 radical (unpaired) electrons. The monoisotopic (exact) mass is 588 g/mol. The molecule has 7 rings (SSSR count). The first kappa shape index (κ1) is 28.5. The third-order valence-electron chi connectivity index (χ3n) is 8.52. The molecule has 0 saturated heterocycles. The van der Waals surface area contributed by atoms with Gasteiger partial charge in [-0.15, -0.1) is 0 Å². The molecule has 0 aromatic heterocycles. The van der Waals surface area contributed by atoms with Crippen LogP contribution >= 0.6 is 0 Å². The molecule has 1 unspecified atom stereocenters. The van der Waals surface area contributed by atoms with E-state index in [1.165, 1.54) is 53.1 Å². The Morgan fingerprint density at radius 2 is 1.07 bits per heavy atom. The van der Waals surface area contributed by atoms with Gasteiger partial charge in [-0.1, -0.05) is 51.1 Å². The van der Waals surface area contributed by atoms with Crippen LogP contribution in [0.15, 0.2) is 78.9 Å². The summed E-state index contributed by atoms with van der Waals surface area (Å²) in [6.07, 6.45) is 1.09. The quantitative estimate of drug-likeness (QED) is 0.139. The van der Waals surface area contributed by atoms with Gasteiger partial charge >= 0.3 is 23.9 Å². The highest BCUT2D eigenvalue weighted by molar-refractivity contribution is 6.19. The summed E-state index contributed by atoms with van der Waals surface area (Å²) in [4.78, 5) is 58.5. The maximum Gasteiger partial charge on any atom is 0.346 e. The Morgan fingerprint density at radius 1 is 0.591 bits per heavy atom. The summed E-state index contributed by atoms with van der Waals surface area (Å²) in [6.45, 7) is 6.92. The lowest BCUT2D eigenvalue weighted by Gasteiger charge is -2.28. The number of carbonyl (C=O) groups excluding carboxylic acids is 5. The van der Waals surface area contributed by atoms with Gasteiger partial charge in [-0.25, -0.2) is 19.2 Å². The molecule has 9 nitrogen and oxygen atoms in total. The molecule has 0 amide bonds. The smallest absolute Gasteiger partial charge is 0.346 e. The zero-order valence-corrected chi connectivity index (χ0v) is 24.2. The molecule has 0 fully saturated rings. The predicted molar refractivity (Wildman–Crippen MR) is 162 cm³/mol. The molecule has 4 N–H and O–H groups in total. The molecule has 3 aliphatic rings. The van der Waals surface area contributed by atoms with Crippen molar-refractivity contribution in [3.63, 3.8) is 0 Å². The first-order chi connectivity index (χ1) is 20.8. The van der Waals surface area contributed by atoms with E-state index in [0.29, 0.717) is 0 Å². The number of fused-ring (bicyclic) bond motifs is 3. The zero-order chi connectivity index (χ0) is 31.6. The molecule has 220 valence electrons. The lowest BCUT2D eigenvalue weighted by Crippen LogP contribution is -2.23. The molecule has 1 atom stereocenters. The van der Waals surface area contributed by atoms with Gasteiger partial charge in [0, 0.05) is 27.9 Å². The average molecular weight is 589 g/mol. The Labute approximate surface area is 252 Å². The van der Waals surface area contributed by atoms with Crippen molar-refractivity contribution in [2.45, 2.75) is 38.0 Å². The highest BCUT2D eigenvalue weighted by Crippen LogP contribution is 2.53. The van der Waals surface area contributed by atoms with Crippen molar-refractivity contribution in [2.75, 3.05) is 11.5 Å². The Balaban J connectivity index is 0.000000159. The van der Waals surface area contributed by atoms with E-state index >= 15 is 0 Å². The van der Waals surface area contributed by atoms with Gasteiger partial charge in [-0.05, 0) is 77.1 Å². The second-order valence-corrected chi connectivity index (χ2v) is 12.0. The summed E-state index contributed by atoms with van der Waals surface area (Å²) in [5.41, 5.74) is 18.2. The molecule has 0 bridgehead atoms. The van der Waals surface area contributed by atoms with E-state index in [-0.39, 0.29) is 44.2 Å². The number of ether oxygens (including phenoxy) is 2. The molecule has 4 aromatic carbocycles. The summed E-state index contributed by atoms with van der Waals surface area (Å²) < 4.78 is 8.94. The van der Waals surface area contributed by atoms with Crippen LogP contribution in [0.5, 0.6) is 0 Å². The number of esters is 4. The lowest BCUT2D eigenvalue weighted by atomic mass is 9.75. The van der Waals surface area contributed by atoms with Crippen LogP contribution in [0.25, 0.3) is 0 Å². The van der Waals surface area contributed by atoms with Crippen molar-refractivity contribution < 1.29 is 33.4 Å². The number of benzene rings is 4. The fourth-order valence-corrected chi connectivity index (χ4v) is 6.41. The summed E-state index contributed by atoms with van der Waals surface area (Å²) >= 11 is 0. The van der Waals surface area contributed by atoms with E-state index in [4.69, 9.17) is 11.5 Å².